The first kappa shape index (κ1) is 26.6. The van der Waals surface area contributed by atoms with Crippen molar-refractivity contribution in [2.75, 3.05) is 16.8 Å². The molecule has 11 heteroatoms. The van der Waals surface area contributed by atoms with Gasteiger partial charge in [0.2, 0.25) is 0 Å². The Balaban J connectivity index is 1.70. The zero-order chi connectivity index (χ0) is 25.8. The lowest BCUT2D eigenvalue weighted by Crippen LogP contribution is -2.41. The third kappa shape index (κ3) is 7.03. The number of carbonyl (C=O) groups excluding carboxylic acids is 1. The van der Waals surface area contributed by atoms with Gasteiger partial charge in [0.1, 0.15) is 5.82 Å². The fourth-order valence-corrected chi connectivity index (χ4v) is 3.36. The summed E-state index contributed by atoms with van der Waals surface area (Å²) in [6.07, 6.45) is -3.53. The van der Waals surface area contributed by atoms with Crippen LogP contribution in [0.2, 0.25) is 0 Å². The number of hydrogen-bond acceptors (Lipinski definition) is 7. The van der Waals surface area contributed by atoms with Crippen LogP contribution in [0.15, 0.2) is 53.6 Å². The number of fused-ring (bicyclic) bond motifs is 1. The Bertz CT molecular complexity index is 1090. The molecule has 4 N–H and O–H groups in total. The molecule has 0 aliphatic carbocycles. The highest BCUT2D eigenvalue weighted by atomic mass is 32.1. The Morgan fingerprint density at radius 2 is 1.86 bits per heavy atom. The topological polar surface area (TPSA) is 116 Å². The van der Waals surface area contributed by atoms with E-state index in [0.717, 1.165) is 5.69 Å². The van der Waals surface area contributed by atoms with Gasteiger partial charge in [-0.15, -0.1) is 0 Å². The Labute approximate surface area is 208 Å². The highest BCUT2D eigenvalue weighted by Crippen LogP contribution is 2.30. The van der Waals surface area contributed by atoms with Crippen LogP contribution >= 0.6 is 12.2 Å². The second-order valence-corrected chi connectivity index (χ2v) is 9.39. The van der Waals surface area contributed by atoms with E-state index < -0.39 is 36.0 Å². The van der Waals surface area contributed by atoms with Gasteiger partial charge >= 0.3 is 0 Å². The third-order valence-electron chi connectivity index (χ3n) is 5.00. The van der Waals surface area contributed by atoms with Gasteiger partial charge in [0.25, 0.3) is 5.91 Å². The zero-order valence-electron chi connectivity index (χ0n) is 19.9. The second kappa shape index (κ2) is 11.2. The molecule has 188 valence electrons. The maximum Gasteiger partial charge on any atom is 0.279 e. The van der Waals surface area contributed by atoms with Crippen molar-refractivity contribution in [2.24, 2.45) is 10.5 Å². The molecule has 0 saturated carbocycles. The maximum absolute atomic E-state index is 14.0. The molecule has 1 heterocycles. The summed E-state index contributed by atoms with van der Waals surface area (Å²) >= 11 is 5.22. The number of aliphatic hydroxyl groups is 2. The molecular formula is C24H29FN4O5S. The predicted molar refractivity (Wildman–Crippen MR) is 134 cm³/mol. The molecule has 0 spiro atoms. The molecular weight excluding hydrogens is 475 g/mol. The highest BCUT2D eigenvalue weighted by Gasteiger charge is 2.36. The Kier molecular flexibility index (Phi) is 8.51. The Morgan fingerprint density at radius 3 is 2.51 bits per heavy atom. The number of para-hydroxylation sites is 1. The molecule has 2 aromatic carbocycles. The molecule has 3 rings (SSSR count). The minimum atomic E-state index is -1.45. The number of halogens is 1. The molecule has 1 aliphatic rings. The van der Waals surface area contributed by atoms with Crippen LogP contribution in [0.4, 0.5) is 15.8 Å². The van der Waals surface area contributed by atoms with Crippen LogP contribution in [-0.4, -0.2) is 52.4 Å². The molecule has 35 heavy (non-hydrogen) atoms. The molecule has 0 fully saturated rings. The first-order valence-corrected chi connectivity index (χ1v) is 11.3. The van der Waals surface area contributed by atoms with E-state index in [2.05, 4.69) is 15.8 Å². The summed E-state index contributed by atoms with van der Waals surface area (Å²) in [5, 5.41) is 27.6. The summed E-state index contributed by atoms with van der Waals surface area (Å²) < 4.78 is 24.7. The fraction of sp³-hybridized carbons (Fsp3) is 0.375. The van der Waals surface area contributed by atoms with Crippen LogP contribution in [0.3, 0.4) is 0 Å². The van der Waals surface area contributed by atoms with Gasteiger partial charge in [0, 0.05) is 16.7 Å². The highest BCUT2D eigenvalue weighted by molar-refractivity contribution is 7.80. The molecule has 3 atom stereocenters. The maximum atomic E-state index is 14.0. The zero-order valence-corrected chi connectivity index (χ0v) is 20.7. The summed E-state index contributed by atoms with van der Waals surface area (Å²) in [6.45, 7) is 6.61. The number of hydrogen-bond donors (Lipinski definition) is 4. The van der Waals surface area contributed by atoms with E-state index in [-0.39, 0.29) is 22.9 Å². The van der Waals surface area contributed by atoms with Gasteiger partial charge in [-0.3, -0.25) is 10.2 Å². The predicted octanol–water partition coefficient (Wildman–Crippen LogP) is 2.93. The number of benzene rings is 2. The van der Waals surface area contributed by atoms with Crippen molar-refractivity contribution in [1.82, 2.24) is 5.43 Å². The van der Waals surface area contributed by atoms with Crippen LogP contribution in [0, 0.1) is 11.2 Å². The van der Waals surface area contributed by atoms with Crippen molar-refractivity contribution in [3.05, 3.63) is 59.9 Å². The average molecular weight is 505 g/mol. The van der Waals surface area contributed by atoms with Gasteiger partial charge in [0.15, 0.2) is 29.7 Å². The molecule has 0 radical (unpaired) electrons. The van der Waals surface area contributed by atoms with Crippen LogP contribution in [-0.2, 0) is 14.3 Å². The van der Waals surface area contributed by atoms with E-state index in [1.54, 1.807) is 32.9 Å². The van der Waals surface area contributed by atoms with Crippen molar-refractivity contribution in [3.8, 4) is 0 Å². The van der Waals surface area contributed by atoms with Crippen LogP contribution in [0.1, 0.15) is 33.3 Å². The van der Waals surface area contributed by atoms with E-state index >= 15 is 0 Å². The molecule has 0 bridgehead atoms. The number of thiocarbonyl (C=S) groups is 1. The monoisotopic (exact) mass is 504 g/mol. The number of ether oxygens (including phenoxy) is 2. The van der Waals surface area contributed by atoms with E-state index in [0.29, 0.717) is 5.69 Å². The number of aliphatic hydroxyl groups excluding tert-OH is 2. The quantitative estimate of drug-likeness (QED) is 0.246. The summed E-state index contributed by atoms with van der Waals surface area (Å²) in [6, 6.07) is 12.9. The molecule has 3 unspecified atom stereocenters. The summed E-state index contributed by atoms with van der Waals surface area (Å²) in [7, 11) is 0. The van der Waals surface area contributed by atoms with Crippen LogP contribution in [0.5, 0.6) is 0 Å². The van der Waals surface area contributed by atoms with Crippen molar-refractivity contribution in [3.63, 3.8) is 0 Å². The molecule has 2 aromatic rings. The largest absolute Gasteiger partial charge is 0.367 e. The van der Waals surface area contributed by atoms with Crippen molar-refractivity contribution in [2.45, 2.75) is 46.6 Å². The smallest absolute Gasteiger partial charge is 0.279 e. The molecule has 0 saturated heterocycles. The van der Waals surface area contributed by atoms with Gasteiger partial charge in [-0.2, -0.15) is 5.10 Å². The number of β-amino-alcohol motifs (C(OH)–C–C–N with tert-alkyl or cyclic N) is 1. The number of carbonyl (C=O) groups is 1. The van der Waals surface area contributed by atoms with Crippen LogP contribution < -0.4 is 15.6 Å². The van der Waals surface area contributed by atoms with E-state index in [4.69, 9.17) is 21.7 Å². The third-order valence-corrected chi connectivity index (χ3v) is 5.20. The molecule has 1 amide bonds. The Morgan fingerprint density at radius 1 is 1.17 bits per heavy atom. The van der Waals surface area contributed by atoms with E-state index in [9.17, 15) is 19.4 Å². The summed E-state index contributed by atoms with van der Waals surface area (Å²) in [5.41, 5.74) is 3.30. The lowest BCUT2D eigenvalue weighted by Gasteiger charge is -2.30. The molecule has 0 aromatic heterocycles. The SMILES string of the molecule is CC(OC(O)CN1C(=O)/C(=N\NC(=S)Nc2ccccc2)c2cc(F)ccc21)OC(O)C(C)(C)C. The average Bonchev–Trinajstić information content (AvgIpc) is 3.02. The summed E-state index contributed by atoms with van der Waals surface area (Å²) in [5.74, 6) is -1.13. The molecule has 1 aliphatic heterocycles. The van der Waals surface area contributed by atoms with Gasteiger partial charge in [-0.25, -0.2) is 4.39 Å². The van der Waals surface area contributed by atoms with Crippen molar-refractivity contribution >= 4 is 40.3 Å². The van der Waals surface area contributed by atoms with E-state index in [1.807, 2.05) is 18.2 Å². The second-order valence-electron chi connectivity index (χ2n) is 8.98. The lowest BCUT2D eigenvalue weighted by atomic mass is 9.96. The number of nitrogens with zero attached hydrogens (tertiary/aromatic N) is 2. The first-order valence-electron chi connectivity index (χ1n) is 10.9. The van der Waals surface area contributed by atoms with Gasteiger partial charge in [0.05, 0.1) is 12.2 Å². The Hall–Kier alpha value is -2.96. The van der Waals surface area contributed by atoms with Crippen molar-refractivity contribution in [1.29, 1.82) is 0 Å². The van der Waals surface area contributed by atoms with Gasteiger partial charge in [-0.1, -0.05) is 39.0 Å². The fourth-order valence-electron chi connectivity index (χ4n) is 3.20. The minimum absolute atomic E-state index is 0.0728. The van der Waals surface area contributed by atoms with Gasteiger partial charge in [-0.05, 0) is 49.5 Å². The minimum Gasteiger partial charge on any atom is -0.367 e. The lowest BCUT2D eigenvalue weighted by molar-refractivity contribution is -0.286. The van der Waals surface area contributed by atoms with Crippen LogP contribution in [0.25, 0.3) is 0 Å². The number of hydrazone groups is 1. The van der Waals surface area contributed by atoms with Gasteiger partial charge < -0.3 is 29.9 Å². The number of nitrogens with one attached hydrogen (secondary N) is 2. The molecule has 9 nitrogen and oxygen atoms in total. The normalized spacial score (nSPS) is 17.2. The number of anilines is 2. The van der Waals surface area contributed by atoms with Crippen molar-refractivity contribution < 1.29 is 28.9 Å². The standard InChI is InChI=1S/C24H29FN4O5S/c1-14(34-22(32)24(2,3)4)33-19(30)13-29-18-11-10-15(25)12-17(18)20(21(29)31)27-28-23(35)26-16-8-6-5-7-9-16/h5-12,14,19,22,30,32H,13H2,1-4H3,(H2,26,28,35)/b27-20-. The summed E-state index contributed by atoms with van der Waals surface area (Å²) in [4.78, 5) is 14.3. The first-order chi connectivity index (χ1) is 16.5. The number of amides is 1. The number of rotatable bonds is 8. The van der Waals surface area contributed by atoms with E-state index in [1.165, 1.54) is 30.0 Å².